The zero-order valence-corrected chi connectivity index (χ0v) is 11.8. The molecule has 1 aliphatic heterocycles. The molecule has 0 aromatic heterocycles. The molecule has 0 bridgehead atoms. The number of rotatable bonds is 1. The Hall–Kier alpha value is -2.03. The highest BCUT2D eigenvalue weighted by Crippen LogP contribution is 2.42. The number of nitrogens with zero attached hydrogens (tertiary/aromatic N) is 1. The molecule has 0 saturated carbocycles. The minimum atomic E-state index is -0.164. The quantitative estimate of drug-likeness (QED) is 0.856. The maximum atomic E-state index is 13.6. The normalized spacial score (nSPS) is 20.2. The van der Waals surface area contributed by atoms with Crippen LogP contribution in [0.1, 0.15) is 35.6 Å². The molecule has 0 radical (unpaired) electrons. The molecule has 108 valence electrons. The van der Waals surface area contributed by atoms with Crippen LogP contribution in [0.25, 0.3) is 0 Å². The van der Waals surface area contributed by atoms with Gasteiger partial charge in [-0.2, -0.15) is 0 Å². The lowest BCUT2D eigenvalue weighted by Gasteiger charge is -2.35. The van der Waals surface area contributed by atoms with E-state index in [1.165, 1.54) is 16.7 Å². The Morgan fingerprint density at radius 3 is 2.86 bits per heavy atom. The second-order valence-electron chi connectivity index (χ2n) is 6.01. The van der Waals surface area contributed by atoms with Crippen molar-refractivity contribution in [3.8, 4) is 5.75 Å². The van der Waals surface area contributed by atoms with E-state index in [-0.39, 0.29) is 5.82 Å². The summed E-state index contributed by atoms with van der Waals surface area (Å²) in [5, 5.41) is 9.67. The molecular weight excluding hydrogens is 265 g/mol. The van der Waals surface area contributed by atoms with Gasteiger partial charge in [-0.3, -0.25) is 0 Å². The number of anilines is 1. The molecule has 1 unspecified atom stereocenters. The number of halogens is 1. The molecule has 0 saturated heterocycles. The number of benzene rings is 2. The fraction of sp³-hybridized carbons (Fsp3) is 0.333. The maximum absolute atomic E-state index is 13.6. The van der Waals surface area contributed by atoms with Crippen molar-refractivity contribution < 1.29 is 9.50 Å². The van der Waals surface area contributed by atoms with E-state index >= 15 is 0 Å². The zero-order chi connectivity index (χ0) is 14.4. The summed E-state index contributed by atoms with van der Waals surface area (Å²) < 4.78 is 13.6. The molecule has 0 spiro atoms. The Kier molecular flexibility index (Phi) is 2.88. The highest BCUT2D eigenvalue weighted by molar-refractivity contribution is 5.60. The molecule has 1 N–H and O–H groups in total. The summed E-state index contributed by atoms with van der Waals surface area (Å²) in [7, 11) is 0. The van der Waals surface area contributed by atoms with Crippen molar-refractivity contribution in [2.75, 3.05) is 11.4 Å². The lowest BCUT2D eigenvalue weighted by molar-refractivity contribution is 0.470. The summed E-state index contributed by atoms with van der Waals surface area (Å²) in [5.74, 6) is 0.171. The average Bonchev–Trinajstić information content (AvgIpc) is 2.89. The van der Waals surface area contributed by atoms with E-state index in [0.29, 0.717) is 11.8 Å². The Morgan fingerprint density at radius 2 is 1.95 bits per heavy atom. The topological polar surface area (TPSA) is 23.5 Å². The van der Waals surface area contributed by atoms with Crippen molar-refractivity contribution in [1.82, 2.24) is 0 Å². The number of fused-ring (bicyclic) bond motifs is 2. The smallest absolute Gasteiger partial charge is 0.125 e. The second-order valence-corrected chi connectivity index (χ2v) is 6.01. The molecule has 3 heteroatoms. The lowest BCUT2D eigenvalue weighted by Crippen LogP contribution is -2.29. The van der Waals surface area contributed by atoms with Gasteiger partial charge in [0.2, 0.25) is 0 Å². The van der Waals surface area contributed by atoms with Crippen LogP contribution in [0.4, 0.5) is 10.1 Å². The monoisotopic (exact) mass is 283 g/mol. The van der Waals surface area contributed by atoms with Crippen LogP contribution in [0, 0.1) is 5.82 Å². The van der Waals surface area contributed by atoms with Gasteiger partial charge in [-0.15, -0.1) is 0 Å². The summed E-state index contributed by atoms with van der Waals surface area (Å²) in [6, 6.07) is 11.1. The molecule has 1 atom stereocenters. The fourth-order valence-electron chi connectivity index (χ4n) is 3.80. The second kappa shape index (κ2) is 4.76. The summed E-state index contributed by atoms with van der Waals surface area (Å²) in [6.45, 7) is 0.948. The lowest BCUT2D eigenvalue weighted by atomic mass is 9.86. The Bertz CT molecular complexity index is 698. The van der Waals surface area contributed by atoms with Crippen molar-refractivity contribution >= 4 is 5.69 Å². The number of phenols is 1. The standard InChI is InChI=1S/C18H18FNO/c19-14-5-4-12-8-9-20(18(12)11-14)17-3-1-2-13-10-15(21)6-7-16(13)17/h4-7,10-11,17,21H,1-3,8-9H2. The van der Waals surface area contributed by atoms with E-state index in [1.54, 1.807) is 18.2 Å². The summed E-state index contributed by atoms with van der Waals surface area (Å²) in [6.07, 6.45) is 4.21. The van der Waals surface area contributed by atoms with Gasteiger partial charge in [0.1, 0.15) is 11.6 Å². The van der Waals surface area contributed by atoms with E-state index in [0.717, 1.165) is 37.9 Å². The minimum Gasteiger partial charge on any atom is -0.508 e. The average molecular weight is 283 g/mol. The first-order valence-corrected chi connectivity index (χ1v) is 7.59. The first-order valence-electron chi connectivity index (χ1n) is 7.59. The van der Waals surface area contributed by atoms with Crippen molar-refractivity contribution in [2.24, 2.45) is 0 Å². The van der Waals surface area contributed by atoms with Crippen LogP contribution in [0.2, 0.25) is 0 Å². The Labute approximate surface area is 123 Å². The van der Waals surface area contributed by atoms with Crippen molar-refractivity contribution in [3.05, 3.63) is 58.9 Å². The van der Waals surface area contributed by atoms with Gasteiger partial charge in [-0.1, -0.05) is 12.1 Å². The molecule has 0 fully saturated rings. The fourth-order valence-corrected chi connectivity index (χ4v) is 3.80. The number of phenolic OH excluding ortho intramolecular Hbond substituents is 1. The van der Waals surface area contributed by atoms with E-state index in [4.69, 9.17) is 0 Å². The third-order valence-electron chi connectivity index (χ3n) is 4.76. The number of aryl methyl sites for hydroxylation is 1. The molecule has 2 aromatic carbocycles. The van der Waals surface area contributed by atoms with E-state index < -0.39 is 0 Å². The first kappa shape index (κ1) is 12.7. The predicted molar refractivity (Wildman–Crippen MR) is 81.2 cm³/mol. The Morgan fingerprint density at radius 1 is 1.05 bits per heavy atom. The summed E-state index contributed by atoms with van der Waals surface area (Å²) in [4.78, 5) is 2.34. The molecule has 2 aliphatic rings. The van der Waals surface area contributed by atoms with Crippen LogP contribution in [0.15, 0.2) is 36.4 Å². The largest absolute Gasteiger partial charge is 0.508 e. The van der Waals surface area contributed by atoms with Gasteiger partial charge in [0.05, 0.1) is 6.04 Å². The van der Waals surface area contributed by atoms with Crippen LogP contribution >= 0.6 is 0 Å². The van der Waals surface area contributed by atoms with Gasteiger partial charge < -0.3 is 10.0 Å². The Balaban J connectivity index is 1.76. The number of hydrogen-bond acceptors (Lipinski definition) is 2. The molecule has 2 aromatic rings. The minimum absolute atomic E-state index is 0.164. The first-order chi connectivity index (χ1) is 10.2. The van der Waals surface area contributed by atoms with Crippen LogP contribution in [-0.4, -0.2) is 11.7 Å². The third kappa shape index (κ3) is 2.08. The van der Waals surface area contributed by atoms with E-state index in [2.05, 4.69) is 4.90 Å². The SMILES string of the molecule is Oc1ccc2c(c1)CCCC2N1CCc2ccc(F)cc21. The maximum Gasteiger partial charge on any atom is 0.125 e. The van der Waals surface area contributed by atoms with Crippen LogP contribution < -0.4 is 4.90 Å². The molecule has 1 aliphatic carbocycles. The van der Waals surface area contributed by atoms with E-state index in [1.807, 2.05) is 18.2 Å². The van der Waals surface area contributed by atoms with Crippen LogP contribution in [0.5, 0.6) is 5.75 Å². The van der Waals surface area contributed by atoms with Crippen molar-refractivity contribution in [3.63, 3.8) is 0 Å². The number of hydrogen-bond donors (Lipinski definition) is 1. The molecule has 0 amide bonds. The molecular formula is C18H18FNO. The third-order valence-corrected chi connectivity index (χ3v) is 4.76. The summed E-state index contributed by atoms with van der Waals surface area (Å²) >= 11 is 0. The van der Waals surface area contributed by atoms with Gasteiger partial charge in [-0.25, -0.2) is 4.39 Å². The van der Waals surface area contributed by atoms with Crippen LogP contribution in [-0.2, 0) is 12.8 Å². The van der Waals surface area contributed by atoms with Gasteiger partial charge in [0.25, 0.3) is 0 Å². The molecule has 1 heterocycles. The van der Waals surface area contributed by atoms with E-state index in [9.17, 15) is 9.50 Å². The zero-order valence-electron chi connectivity index (χ0n) is 11.8. The van der Waals surface area contributed by atoms with Crippen LogP contribution in [0.3, 0.4) is 0 Å². The molecule has 2 nitrogen and oxygen atoms in total. The van der Waals surface area contributed by atoms with Crippen molar-refractivity contribution in [1.29, 1.82) is 0 Å². The predicted octanol–water partition coefficient (Wildman–Crippen LogP) is 3.97. The molecule has 4 rings (SSSR count). The molecule has 21 heavy (non-hydrogen) atoms. The highest BCUT2D eigenvalue weighted by Gasteiger charge is 2.30. The van der Waals surface area contributed by atoms with Crippen molar-refractivity contribution in [2.45, 2.75) is 31.7 Å². The number of aromatic hydroxyl groups is 1. The van der Waals surface area contributed by atoms with Gasteiger partial charge in [-0.05, 0) is 66.6 Å². The summed E-state index contributed by atoms with van der Waals surface area (Å²) in [5.41, 5.74) is 4.80. The van der Waals surface area contributed by atoms with Gasteiger partial charge >= 0.3 is 0 Å². The van der Waals surface area contributed by atoms with Gasteiger partial charge in [0.15, 0.2) is 0 Å². The van der Waals surface area contributed by atoms with Gasteiger partial charge in [0, 0.05) is 12.2 Å². The highest BCUT2D eigenvalue weighted by atomic mass is 19.1.